The molecule has 1 amide bonds. The van der Waals surface area contributed by atoms with Gasteiger partial charge >= 0.3 is 5.97 Å². The van der Waals surface area contributed by atoms with Crippen molar-refractivity contribution in [3.05, 3.63) is 52.2 Å². The van der Waals surface area contributed by atoms with Crippen molar-refractivity contribution in [1.29, 1.82) is 0 Å². The third-order valence-electron chi connectivity index (χ3n) is 4.81. The molecule has 0 spiro atoms. The second kappa shape index (κ2) is 10.5. The van der Waals surface area contributed by atoms with Crippen molar-refractivity contribution < 1.29 is 22.7 Å². The van der Waals surface area contributed by atoms with Crippen molar-refractivity contribution in [2.75, 3.05) is 13.7 Å². The number of benzene rings is 1. The van der Waals surface area contributed by atoms with E-state index in [-0.39, 0.29) is 29.2 Å². The molecule has 31 heavy (non-hydrogen) atoms. The highest BCUT2D eigenvalue weighted by molar-refractivity contribution is 7.90. The topological polar surface area (TPSA) is 114 Å². The first kappa shape index (κ1) is 23.0. The van der Waals surface area contributed by atoms with Crippen LogP contribution in [0.3, 0.4) is 0 Å². The average Bonchev–Trinajstić information content (AvgIpc) is 3.37. The van der Waals surface area contributed by atoms with Crippen LogP contribution in [0.4, 0.5) is 0 Å². The number of carbonyl (C=O) groups excluding carboxylic acids is 2. The van der Waals surface area contributed by atoms with Crippen molar-refractivity contribution in [2.45, 2.75) is 43.0 Å². The molecule has 2 aromatic rings. The van der Waals surface area contributed by atoms with Crippen LogP contribution in [0.5, 0.6) is 0 Å². The maximum Gasteiger partial charge on any atom is 0.307 e. The van der Waals surface area contributed by atoms with Crippen molar-refractivity contribution in [1.82, 2.24) is 10.0 Å². The summed E-state index contributed by atoms with van der Waals surface area (Å²) in [7, 11) is -2.19. The minimum absolute atomic E-state index is 0.0949. The number of rotatable bonds is 10. The molecular formula is C21H25N3O5S2. The molecule has 0 bridgehead atoms. The van der Waals surface area contributed by atoms with Crippen LogP contribution in [-0.4, -0.2) is 39.8 Å². The van der Waals surface area contributed by atoms with Gasteiger partial charge in [0.15, 0.2) is 0 Å². The Morgan fingerprint density at radius 3 is 2.71 bits per heavy atom. The van der Waals surface area contributed by atoms with Gasteiger partial charge in [-0.3, -0.25) is 19.3 Å². The molecular weight excluding hydrogens is 438 g/mol. The van der Waals surface area contributed by atoms with Gasteiger partial charge in [-0.2, -0.15) is 0 Å². The van der Waals surface area contributed by atoms with E-state index < -0.39 is 10.0 Å². The molecule has 10 heteroatoms. The van der Waals surface area contributed by atoms with E-state index in [1.165, 1.54) is 18.4 Å². The molecule has 2 N–H and O–H groups in total. The molecule has 1 atom stereocenters. The summed E-state index contributed by atoms with van der Waals surface area (Å²) in [5.74, 6) is -0.122. The molecule has 0 saturated carbocycles. The minimum Gasteiger partial charge on any atom is -0.469 e. The van der Waals surface area contributed by atoms with E-state index in [0.29, 0.717) is 30.8 Å². The Hall–Kier alpha value is -2.72. The number of amides is 1. The molecule has 1 unspecified atom stereocenters. The molecule has 3 rings (SSSR count). The van der Waals surface area contributed by atoms with Gasteiger partial charge in [-0.15, -0.1) is 11.3 Å². The zero-order valence-corrected chi connectivity index (χ0v) is 18.8. The summed E-state index contributed by atoms with van der Waals surface area (Å²) >= 11 is 1.48. The fourth-order valence-electron chi connectivity index (χ4n) is 3.25. The van der Waals surface area contributed by atoms with E-state index in [4.69, 9.17) is 4.74 Å². The molecule has 1 aromatic heterocycles. The van der Waals surface area contributed by atoms with Crippen molar-refractivity contribution >= 4 is 39.1 Å². The van der Waals surface area contributed by atoms with E-state index in [2.05, 4.69) is 15.0 Å². The van der Waals surface area contributed by atoms with E-state index in [9.17, 15) is 18.0 Å². The molecule has 0 aliphatic carbocycles. The Labute approximate surface area is 185 Å². The molecule has 1 aromatic carbocycles. The van der Waals surface area contributed by atoms with E-state index in [0.717, 1.165) is 17.7 Å². The van der Waals surface area contributed by atoms with Crippen molar-refractivity contribution in [3.8, 4) is 0 Å². The fourth-order valence-corrected chi connectivity index (χ4v) is 5.27. The lowest BCUT2D eigenvalue weighted by Gasteiger charge is -2.16. The molecule has 1 aliphatic heterocycles. The number of ether oxygens (including phenoxy) is 1. The Kier molecular flexibility index (Phi) is 7.80. The molecule has 0 saturated heterocycles. The van der Waals surface area contributed by atoms with Crippen LogP contribution in [0.15, 0.2) is 51.7 Å². The van der Waals surface area contributed by atoms with Crippen LogP contribution >= 0.6 is 11.3 Å². The van der Waals surface area contributed by atoms with Crippen LogP contribution < -0.4 is 10.0 Å². The number of amidine groups is 1. The second-order valence-electron chi connectivity index (χ2n) is 7.06. The van der Waals surface area contributed by atoms with Crippen LogP contribution in [0.1, 0.15) is 48.6 Å². The third-order valence-corrected chi connectivity index (χ3v) is 7.20. The first-order chi connectivity index (χ1) is 14.9. The van der Waals surface area contributed by atoms with Gasteiger partial charge in [-0.05, 0) is 36.4 Å². The number of nitrogens with zero attached hydrogens (tertiary/aromatic N) is 1. The summed E-state index contributed by atoms with van der Waals surface area (Å²) in [4.78, 5) is 29.5. The number of thiophene rings is 1. The van der Waals surface area contributed by atoms with Gasteiger partial charge in [0.2, 0.25) is 5.91 Å². The molecule has 1 aliphatic rings. The molecule has 0 radical (unpaired) electrons. The lowest BCUT2D eigenvalue weighted by Crippen LogP contribution is -2.29. The predicted molar refractivity (Wildman–Crippen MR) is 118 cm³/mol. The van der Waals surface area contributed by atoms with Crippen LogP contribution in [-0.2, 0) is 24.3 Å². The van der Waals surface area contributed by atoms with Crippen LogP contribution in [0.2, 0.25) is 0 Å². The summed E-state index contributed by atoms with van der Waals surface area (Å²) in [6.45, 7) is 0.466. The van der Waals surface area contributed by atoms with Crippen LogP contribution in [0, 0.1) is 0 Å². The Bertz CT molecular complexity index is 1050. The number of methoxy groups -OCH3 is 1. The monoisotopic (exact) mass is 463 g/mol. The van der Waals surface area contributed by atoms with E-state index >= 15 is 0 Å². The largest absolute Gasteiger partial charge is 0.469 e. The zero-order valence-electron chi connectivity index (χ0n) is 17.2. The van der Waals surface area contributed by atoms with E-state index in [1.54, 1.807) is 24.3 Å². The number of hydrogen-bond acceptors (Lipinski definition) is 7. The molecule has 2 heterocycles. The minimum atomic E-state index is -3.52. The highest BCUT2D eigenvalue weighted by Gasteiger charge is 2.29. The van der Waals surface area contributed by atoms with Gasteiger partial charge in [-0.1, -0.05) is 24.6 Å². The molecule has 0 fully saturated rings. The second-order valence-corrected chi connectivity index (χ2v) is 9.69. The SMILES string of the molecule is COC(=O)CC(NC(=O)CCCCCN=C1NS(=O)(=O)c2ccccc21)c1cccs1. The number of sulfonamides is 1. The summed E-state index contributed by atoms with van der Waals surface area (Å²) in [6, 6.07) is 10.1. The number of nitrogens with one attached hydrogen (secondary N) is 2. The average molecular weight is 464 g/mol. The Morgan fingerprint density at radius 2 is 1.97 bits per heavy atom. The lowest BCUT2D eigenvalue weighted by molar-refractivity contribution is -0.141. The Balaban J connectivity index is 1.42. The normalized spacial score (nSPS) is 16.4. The summed E-state index contributed by atoms with van der Waals surface area (Å²) in [6.07, 6.45) is 2.62. The fraction of sp³-hybridized carbons (Fsp3) is 0.381. The van der Waals surface area contributed by atoms with Gasteiger partial charge in [0.25, 0.3) is 10.0 Å². The molecule has 166 valence electrons. The quantitative estimate of drug-likeness (QED) is 0.415. The number of unbranched alkanes of at least 4 members (excludes halogenated alkanes) is 2. The maximum atomic E-state index is 12.3. The van der Waals surface area contributed by atoms with Crippen molar-refractivity contribution in [2.24, 2.45) is 4.99 Å². The van der Waals surface area contributed by atoms with Crippen LogP contribution in [0.25, 0.3) is 0 Å². The van der Waals surface area contributed by atoms with Gasteiger partial charge in [0.05, 0.1) is 24.5 Å². The number of esters is 1. The highest BCUT2D eigenvalue weighted by atomic mass is 32.2. The summed E-state index contributed by atoms with van der Waals surface area (Å²) in [5.41, 5.74) is 0.590. The van der Waals surface area contributed by atoms with Gasteiger partial charge in [0, 0.05) is 23.4 Å². The number of hydrogen-bond donors (Lipinski definition) is 2. The molecule has 8 nitrogen and oxygen atoms in total. The summed E-state index contributed by atoms with van der Waals surface area (Å²) in [5, 5.41) is 4.81. The van der Waals surface area contributed by atoms with Gasteiger partial charge in [-0.25, -0.2) is 8.42 Å². The highest BCUT2D eigenvalue weighted by Crippen LogP contribution is 2.23. The standard InChI is InChI=1S/C21H25N3O5S2/c1-29-20(26)14-16(17-9-7-13-30-17)23-19(25)11-3-2-6-12-22-21-15-8-4-5-10-18(15)31(27,28)24-21/h4-5,7-10,13,16H,2-3,6,11-12,14H2,1H3,(H,22,24)(H,23,25). The third kappa shape index (κ3) is 6.14. The maximum absolute atomic E-state index is 12.3. The van der Waals surface area contributed by atoms with Gasteiger partial charge in [0.1, 0.15) is 5.84 Å². The number of carbonyl (C=O) groups is 2. The number of fused-ring (bicyclic) bond motifs is 1. The zero-order chi connectivity index (χ0) is 22.3. The predicted octanol–water partition coefficient (Wildman–Crippen LogP) is 2.77. The Morgan fingerprint density at radius 1 is 1.16 bits per heavy atom. The summed E-state index contributed by atoms with van der Waals surface area (Å²) < 4.78 is 31.3. The van der Waals surface area contributed by atoms with Crippen molar-refractivity contribution in [3.63, 3.8) is 0 Å². The lowest BCUT2D eigenvalue weighted by atomic mass is 10.1. The van der Waals surface area contributed by atoms with Gasteiger partial charge < -0.3 is 10.1 Å². The number of aliphatic imine (C=N–C) groups is 1. The van der Waals surface area contributed by atoms with E-state index in [1.807, 2.05) is 17.5 Å². The first-order valence-corrected chi connectivity index (χ1v) is 12.3. The smallest absolute Gasteiger partial charge is 0.307 e. The first-order valence-electron chi connectivity index (χ1n) is 9.97.